The summed E-state index contributed by atoms with van der Waals surface area (Å²) in [5.41, 5.74) is 3.60. The van der Waals surface area contributed by atoms with Crippen molar-refractivity contribution in [2.24, 2.45) is 5.92 Å². The van der Waals surface area contributed by atoms with Crippen molar-refractivity contribution < 1.29 is 4.42 Å². The molecule has 0 unspecified atom stereocenters. The fraction of sp³-hybridized carbons (Fsp3) is 0.450. The number of furan rings is 1. The van der Waals surface area contributed by atoms with Crippen molar-refractivity contribution in [1.82, 2.24) is 14.5 Å². The van der Waals surface area contributed by atoms with E-state index in [1.165, 1.54) is 29.4 Å². The highest BCUT2D eigenvalue weighted by Crippen LogP contribution is 2.28. The zero-order chi connectivity index (χ0) is 16.5. The third-order valence-electron chi connectivity index (χ3n) is 5.19. The molecule has 0 radical (unpaired) electrons. The van der Waals surface area contributed by atoms with Gasteiger partial charge in [0, 0.05) is 30.9 Å². The van der Waals surface area contributed by atoms with E-state index in [1.54, 1.807) is 0 Å². The highest BCUT2D eigenvalue weighted by Gasteiger charge is 2.22. The minimum atomic E-state index is 0.694. The largest absolute Gasteiger partial charge is 0.459 e. The topological polar surface area (TPSA) is 34.2 Å². The first-order valence-corrected chi connectivity index (χ1v) is 8.86. The number of hydrogen-bond acceptors (Lipinski definition) is 3. The molecule has 126 valence electrons. The van der Waals surface area contributed by atoms with E-state index in [0.29, 0.717) is 5.92 Å². The summed E-state index contributed by atoms with van der Waals surface area (Å²) < 4.78 is 8.34. The van der Waals surface area contributed by atoms with Gasteiger partial charge < -0.3 is 8.98 Å². The number of imidazole rings is 1. The summed E-state index contributed by atoms with van der Waals surface area (Å²) >= 11 is 0. The van der Waals surface area contributed by atoms with Crippen LogP contribution in [0.2, 0.25) is 0 Å². The van der Waals surface area contributed by atoms with Crippen molar-refractivity contribution >= 4 is 11.0 Å². The molecular formula is C20H25N3O. The summed E-state index contributed by atoms with van der Waals surface area (Å²) in [6, 6.07) is 6.45. The third kappa shape index (κ3) is 3.11. The molecule has 1 atom stereocenters. The zero-order valence-corrected chi connectivity index (χ0v) is 14.5. The third-order valence-corrected chi connectivity index (χ3v) is 5.19. The van der Waals surface area contributed by atoms with Crippen LogP contribution in [0, 0.1) is 19.8 Å². The molecule has 0 bridgehead atoms. The molecule has 0 spiro atoms. The number of benzene rings is 1. The van der Waals surface area contributed by atoms with Crippen molar-refractivity contribution in [3.8, 4) is 0 Å². The van der Waals surface area contributed by atoms with Gasteiger partial charge in [-0.1, -0.05) is 11.6 Å². The molecule has 24 heavy (non-hydrogen) atoms. The maximum Gasteiger partial charge on any atom is 0.134 e. The summed E-state index contributed by atoms with van der Waals surface area (Å²) in [7, 11) is 0. The van der Waals surface area contributed by atoms with Gasteiger partial charge in [0.05, 0.1) is 12.9 Å². The maximum absolute atomic E-state index is 6.14. The lowest BCUT2D eigenvalue weighted by Crippen LogP contribution is -2.36. The Balaban J connectivity index is 1.47. The van der Waals surface area contributed by atoms with Crippen LogP contribution in [0.15, 0.2) is 41.3 Å². The Kier molecular flexibility index (Phi) is 4.15. The second kappa shape index (κ2) is 6.44. The van der Waals surface area contributed by atoms with Crippen LogP contribution in [0.5, 0.6) is 0 Å². The van der Waals surface area contributed by atoms with Gasteiger partial charge >= 0.3 is 0 Å². The molecule has 4 heteroatoms. The summed E-state index contributed by atoms with van der Waals surface area (Å²) in [5.74, 6) is 1.82. The second-order valence-corrected chi connectivity index (χ2v) is 7.15. The van der Waals surface area contributed by atoms with E-state index in [0.717, 1.165) is 37.5 Å². The number of rotatable bonds is 4. The van der Waals surface area contributed by atoms with Crippen molar-refractivity contribution in [2.75, 3.05) is 13.1 Å². The smallest absolute Gasteiger partial charge is 0.134 e. The number of aromatic nitrogens is 2. The molecule has 2 aromatic heterocycles. The van der Waals surface area contributed by atoms with Gasteiger partial charge in [-0.25, -0.2) is 4.98 Å². The van der Waals surface area contributed by atoms with Crippen LogP contribution in [-0.2, 0) is 13.1 Å². The predicted octanol–water partition coefficient (Wildman–Crippen LogP) is 4.16. The average molecular weight is 323 g/mol. The van der Waals surface area contributed by atoms with Gasteiger partial charge in [0.15, 0.2) is 0 Å². The van der Waals surface area contributed by atoms with Crippen LogP contribution in [0.1, 0.15) is 29.7 Å². The fourth-order valence-electron chi connectivity index (χ4n) is 3.88. The molecule has 0 amide bonds. The van der Waals surface area contributed by atoms with E-state index in [4.69, 9.17) is 4.42 Å². The van der Waals surface area contributed by atoms with Crippen LogP contribution in [0.25, 0.3) is 11.0 Å². The highest BCUT2D eigenvalue weighted by molar-refractivity contribution is 5.82. The lowest BCUT2D eigenvalue weighted by Gasteiger charge is -2.32. The highest BCUT2D eigenvalue weighted by atomic mass is 16.3. The molecule has 4 nitrogen and oxygen atoms in total. The molecule has 0 N–H and O–H groups in total. The normalized spacial score (nSPS) is 19.2. The van der Waals surface area contributed by atoms with Gasteiger partial charge in [-0.15, -0.1) is 0 Å². The first kappa shape index (κ1) is 15.5. The van der Waals surface area contributed by atoms with E-state index in [-0.39, 0.29) is 0 Å². The number of nitrogens with zero attached hydrogens (tertiary/aromatic N) is 3. The molecular weight excluding hydrogens is 298 g/mol. The Bertz CT molecular complexity index is 819. The van der Waals surface area contributed by atoms with Gasteiger partial charge in [0.25, 0.3) is 0 Å². The number of hydrogen-bond donors (Lipinski definition) is 0. The van der Waals surface area contributed by atoms with Crippen LogP contribution in [-0.4, -0.2) is 27.5 Å². The summed E-state index contributed by atoms with van der Waals surface area (Å²) in [6.45, 7) is 8.60. The minimum absolute atomic E-state index is 0.694. The van der Waals surface area contributed by atoms with Gasteiger partial charge in [-0.2, -0.15) is 0 Å². The monoisotopic (exact) mass is 323 g/mol. The van der Waals surface area contributed by atoms with E-state index >= 15 is 0 Å². The lowest BCUT2D eigenvalue weighted by molar-refractivity contribution is 0.147. The molecule has 1 aliphatic heterocycles. The van der Waals surface area contributed by atoms with E-state index in [2.05, 4.69) is 52.7 Å². The van der Waals surface area contributed by atoms with Gasteiger partial charge in [0.2, 0.25) is 0 Å². The molecule has 4 rings (SSSR count). The van der Waals surface area contributed by atoms with E-state index in [1.807, 2.05) is 12.5 Å². The van der Waals surface area contributed by atoms with E-state index in [9.17, 15) is 0 Å². The minimum Gasteiger partial charge on any atom is -0.459 e. The summed E-state index contributed by atoms with van der Waals surface area (Å²) in [5, 5.41) is 1.26. The van der Waals surface area contributed by atoms with Crippen LogP contribution < -0.4 is 0 Å². The fourth-order valence-corrected chi connectivity index (χ4v) is 3.88. The first-order chi connectivity index (χ1) is 11.7. The number of piperidine rings is 1. The zero-order valence-electron chi connectivity index (χ0n) is 14.5. The van der Waals surface area contributed by atoms with Crippen LogP contribution >= 0.6 is 0 Å². The second-order valence-electron chi connectivity index (χ2n) is 7.15. The summed E-state index contributed by atoms with van der Waals surface area (Å²) in [4.78, 5) is 6.70. The van der Waals surface area contributed by atoms with Crippen molar-refractivity contribution in [1.29, 1.82) is 0 Å². The molecule has 1 aromatic carbocycles. The number of aryl methyl sites for hydroxylation is 2. The Labute approximate surface area is 143 Å². The Morgan fingerprint density at radius 1 is 1.29 bits per heavy atom. The van der Waals surface area contributed by atoms with Crippen LogP contribution in [0.3, 0.4) is 0 Å². The van der Waals surface area contributed by atoms with Gasteiger partial charge in [-0.05, 0) is 56.8 Å². The first-order valence-electron chi connectivity index (χ1n) is 8.86. The predicted molar refractivity (Wildman–Crippen MR) is 95.9 cm³/mol. The molecule has 1 fully saturated rings. The van der Waals surface area contributed by atoms with Crippen LogP contribution in [0.4, 0.5) is 0 Å². The molecule has 3 heterocycles. The number of fused-ring (bicyclic) bond motifs is 1. The Morgan fingerprint density at radius 3 is 3.04 bits per heavy atom. The number of likely N-dealkylation sites (tertiary alicyclic amines) is 1. The van der Waals surface area contributed by atoms with Crippen molar-refractivity contribution in [2.45, 2.75) is 39.8 Å². The average Bonchev–Trinajstić information content (AvgIpc) is 3.18. The lowest BCUT2D eigenvalue weighted by atomic mass is 9.97. The SMILES string of the molecule is Cc1ccc2oc(CN3CCC[C@@H](Cn4ccnc4)C3)c(C)c2c1. The van der Waals surface area contributed by atoms with Gasteiger partial charge in [0.1, 0.15) is 11.3 Å². The van der Waals surface area contributed by atoms with Gasteiger partial charge in [-0.3, -0.25) is 4.90 Å². The molecule has 1 saturated heterocycles. The maximum atomic E-state index is 6.14. The Hall–Kier alpha value is -2.07. The molecule has 1 aliphatic rings. The molecule has 0 saturated carbocycles. The van der Waals surface area contributed by atoms with Crippen molar-refractivity contribution in [3.63, 3.8) is 0 Å². The summed E-state index contributed by atoms with van der Waals surface area (Å²) in [6.07, 6.45) is 8.40. The Morgan fingerprint density at radius 2 is 2.21 bits per heavy atom. The molecule has 0 aliphatic carbocycles. The quantitative estimate of drug-likeness (QED) is 0.723. The molecule has 3 aromatic rings. The standard InChI is InChI=1S/C20H25N3O/c1-15-5-6-19-18(10-15)16(2)20(24-19)13-22-8-3-4-17(11-22)12-23-9-7-21-14-23/h5-7,9-10,14,17H,3-4,8,11-13H2,1-2H3/t17-/m1/s1. The van der Waals surface area contributed by atoms with E-state index < -0.39 is 0 Å². The van der Waals surface area contributed by atoms with Crippen molar-refractivity contribution in [3.05, 3.63) is 53.8 Å².